The monoisotopic (exact) mass is 273 g/mol. The minimum atomic E-state index is -4.53. The van der Waals surface area contributed by atoms with Gasteiger partial charge in [0.15, 0.2) is 0 Å². The predicted molar refractivity (Wildman–Crippen MR) is 57.0 cm³/mol. The van der Waals surface area contributed by atoms with Crippen LogP contribution in [0.4, 0.5) is 17.6 Å². The van der Waals surface area contributed by atoms with Crippen LogP contribution in [0.2, 0.25) is 5.02 Å². The molecule has 0 bridgehead atoms. The summed E-state index contributed by atoms with van der Waals surface area (Å²) in [5, 5.41) is -0.216. The van der Waals surface area contributed by atoms with Crippen molar-refractivity contribution in [3.05, 3.63) is 34.6 Å². The average Bonchev–Trinajstić information content (AvgIpc) is 2.08. The molecule has 0 aliphatic carbocycles. The molecule has 0 radical (unpaired) electrons. The number of hydrogen-bond donors (Lipinski definition) is 1. The van der Waals surface area contributed by atoms with Crippen LogP contribution < -0.4 is 0 Å². The van der Waals surface area contributed by atoms with Crippen molar-refractivity contribution in [3.63, 3.8) is 0 Å². The summed E-state index contributed by atoms with van der Waals surface area (Å²) in [6.07, 6.45) is -4.53. The standard InChI is InChI=1S/C9H8ClF4NS/c1-15(16)8(9(12,13)14)5-2-3-6(10)7(11)4-5/h2-4,8,16H,1H3. The van der Waals surface area contributed by atoms with Gasteiger partial charge in [-0.1, -0.05) is 30.5 Å². The number of alkyl halides is 3. The summed E-state index contributed by atoms with van der Waals surface area (Å²) in [4.78, 5) is 0. The summed E-state index contributed by atoms with van der Waals surface area (Å²) < 4.78 is 51.6. The maximum atomic E-state index is 13.0. The van der Waals surface area contributed by atoms with E-state index in [1.54, 1.807) is 0 Å². The third-order valence-corrected chi connectivity index (χ3v) is 2.48. The van der Waals surface area contributed by atoms with E-state index >= 15 is 0 Å². The summed E-state index contributed by atoms with van der Waals surface area (Å²) >= 11 is 9.01. The molecule has 0 fully saturated rings. The molecule has 1 aromatic rings. The Morgan fingerprint density at radius 3 is 2.31 bits per heavy atom. The Labute approximate surface area is 101 Å². The first-order valence-corrected chi connectivity index (χ1v) is 4.94. The average molecular weight is 274 g/mol. The fourth-order valence-corrected chi connectivity index (χ4v) is 1.68. The van der Waals surface area contributed by atoms with E-state index in [-0.39, 0.29) is 10.6 Å². The third kappa shape index (κ3) is 3.02. The fraction of sp³-hybridized carbons (Fsp3) is 0.333. The smallest absolute Gasteiger partial charge is 0.240 e. The molecule has 7 heteroatoms. The third-order valence-electron chi connectivity index (χ3n) is 1.94. The van der Waals surface area contributed by atoms with Crippen molar-refractivity contribution in [2.75, 3.05) is 7.05 Å². The maximum Gasteiger partial charge on any atom is 0.408 e. The van der Waals surface area contributed by atoms with E-state index in [9.17, 15) is 17.6 Å². The number of benzene rings is 1. The Balaban J connectivity index is 3.17. The van der Waals surface area contributed by atoms with Gasteiger partial charge in [-0.15, -0.1) is 0 Å². The van der Waals surface area contributed by atoms with Crippen molar-refractivity contribution in [3.8, 4) is 0 Å². The molecule has 0 heterocycles. The molecule has 0 amide bonds. The Hall–Kier alpha value is -0.460. The lowest BCUT2D eigenvalue weighted by atomic mass is 10.1. The number of halogens is 5. The van der Waals surface area contributed by atoms with E-state index in [1.165, 1.54) is 0 Å². The molecule has 0 saturated carbocycles. The van der Waals surface area contributed by atoms with E-state index in [0.717, 1.165) is 25.2 Å². The van der Waals surface area contributed by atoms with E-state index in [0.29, 0.717) is 4.31 Å². The van der Waals surface area contributed by atoms with Crippen LogP contribution in [0, 0.1) is 5.82 Å². The van der Waals surface area contributed by atoms with Crippen molar-refractivity contribution < 1.29 is 17.6 Å². The molecule has 1 aromatic carbocycles. The highest BCUT2D eigenvalue weighted by Crippen LogP contribution is 2.38. The van der Waals surface area contributed by atoms with Gasteiger partial charge in [-0.3, -0.25) is 0 Å². The van der Waals surface area contributed by atoms with Gasteiger partial charge in [-0.2, -0.15) is 13.2 Å². The highest BCUT2D eigenvalue weighted by molar-refractivity contribution is 7.77. The van der Waals surface area contributed by atoms with Crippen LogP contribution >= 0.6 is 24.4 Å². The van der Waals surface area contributed by atoms with Crippen molar-refractivity contribution in [1.29, 1.82) is 0 Å². The Morgan fingerprint density at radius 1 is 1.38 bits per heavy atom. The molecule has 16 heavy (non-hydrogen) atoms. The molecule has 0 aliphatic heterocycles. The Kier molecular flexibility index (Phi) is 4.09. The second kappa shape index (κ2) is 4.81. The van der Waals surface area contributed by atoms with E-state index in [2.05, 4.69) is 12.8 Å². The first kappa shape index (κ1) is 13.6. The lowest BCUT2D eigenvalue weighted by molar-refractivity contribution is -0.169. The molecule has 1 nitrogen and oxygen atoms in total. The van der Waals surface area contributed by atoms with Crippen molar-refractivity contribution >= 4 is 24.4 Å². The largest absolute Gasteiger partial charge is 0.408 e. The van der Waals surface area contributed by atoms with E-state index in [1.807, 2.05) is 0 Å². The highest BCUT2D eigenvalue weighted by atomic mass is 35.5. The van der Waals surface area contributed by atoms with Crippen LogP contribution in [0.5, 0.6) is 0 Å². The van der Waals surface area contributed by atoms with Gasteiger partial charge < -0.3 is 0 Å². The van der Waals surface area contributed by atoms with Crippen LogP contribution in [0.15, 0.2) is 18.2 Å². The van der Waals surface area contributed by atoms with E-state index in [4.69, 9.17) is 11.6 Å². The maximum absolute atomic E-state index is 13.0. The molecule has 0 aliphatic rings. The minimum absolute atomic E-state index is 0.216. The number of thiol groups is 1. The SMILES string of the molecule is CN(S)C(c1ccc(Cl)c(F)c1)C(F)(F)F. The normalized spacial score (nSPS) is 14.2. The van der Waals surface area contributed by atoms with Crippen molar-refractivity contribution in [2.45, 2.75) is 12.2 Å². The minimum Gasteiger partial charge on any atom is -0.240 e. The van der Waals surface area contributed by atoms with Gasteiger partial charge in [-0.25, -0.2) is 8.70 Å². The van der Waals surface area contributed by atoms with Crippen LogP contribution in [-0.4, -0.2) is 17.5 Å². The van der Waals surface area contributed by atoms with Gasteiger partial charge in [0.05, 0.1) is 5.02 Å². The zero-order valence-corrected chi connectivity index (χ0v) is 9.74. The Morgan fingerprint density at radius 2 is 1.94 bits per heavy atom. The van der Waals surface area contributed by atoms with Crippen LogP contribution in [-0.2, 0) is 0 Å². The molecule has 0 aromatic heterocycles. The summed E-state index contributed by atoms with van der Waals surface area (Å²) in [6, 6.07) is 0.994. The van der Waals surface area contributed by atoms with Gasteiger partial charge in [0.25, 0.3) is 0 Å². The number of nitrogens with zero attached hydrogens (tertiary/aromatic N) is 1. The van der Waals surface area contributed by atoms with Gasteiger partial charge in [-0.05, 0) is 24.7 Å². The molecular formula is C9H8ClF4NS. The van der Waals surface area contributed by atoms with Crippen LogP contribution in [0.25, 0.3) is 0 Å². The zero-order chi connectivity index (χ0) is 12.5. The second-order valence-corrected chi connectivity index (χ2v) is 4.23. The summed E-state index contributed by atoms with van der Waals surface area (Å²) in [5.74, 6) is -0.886. The summed E-state index contributed by atoms with van der Waals surface area (Å²) in [6.45, 7) is 0. The van der Waals surface area contributed by atoms with Crippen LogP contribution in [0.3, 0.4) is 0 Å². The Bertz CT molecular complexity index is 380. The molecule has 1 atom stereocenters. The van der Waals surface area contributed by atoms with Gasteiger partial charge in [0, 0.05) is 0 Å². The van der Waals surface area contributed by atoms with Gasteiger partial charge >= 0.3 is 6.18 Å². The number of rotatable bonds is 2. The molecule has 0 N–H and O–H groups in total. The highest BCUT2D eigenvalue weighted by Gasteiger charge is 2.43. The van der Waals surface area contributed by atoms with E-state index < -0.39 is 18.0 Å². The first-order valence-electron chi connectivity index (χ1n) is 4.17. The predicted octanol–water partition coefficient (Wildman–Crippen LogP) is 3.86. The fourth-order valence-electron chi connectivity index (χ4n) is 1.30. The molecular weight excluding hydrogens is 266 g/mol. The molecule has 0 spiro atoms. The summed E-state index contributed by atoms with van der Waals surface area (Å²) in [7, 11) is 1.15. The van der Waals surface area contributed by atoms with Gasteiger partial charge in [0.1, 0.15) is 11.9 Å². The quantitative estimate of drug-likeness (QED) is 0.633. The molecule has 0 saturated heterocycles. The molecule has 90 valence electrons. The molecule has 1 rings (SSSR count). The topological polar surface area (TPSA) is 3.24 Å². The lowest BCUT2D eigenvalue weighted by Crippen LogP contribution is -2.30. The van der Waals surface area contributed by atoms with Crippen molar-refractivity contribution in [1.82, 2.24) is 4.31 Å². The second-order valence-electron chi connectivity index (χ2n) is 3.19. The van der Waals surface area contributed by atoms with Crippen molar-refractivity contribution in [2.24, 2.45) is 0 Å². The first-order chi connectivity index (χ1) is 7.23. The summed E-state index contributed by atoms with van der Waals surface area (Å²) in [5.41, 5.74) is -0.244. The lowest BCUT2D eigenvalue weighted by Gasteiger charge is -2.26. The van der Waals surface area contributed by atoms with Crippen LogP contribution in [0.1, 0.15) is 11.6 Å². The number of hydrogen-bond acceptors (Lipinski definition) is 2. The zero-order valence-electron chi connectivity index (χ0n) is 8.09. The van der Waals surface area contributed by atoms with Gasteiger partial charge in [0.2, 0.25) is 0 Å². The molecule has 1 unspecified atom stereocenters.